The van der Waals surface area contributed by atoms with Crippen LogP contribution in [0.4, 0.5) is 0 Å². The summed E-state index contributed by atoms with van der Waals surface area (Å²) in [5, 5.41) is 3.15. The number of ether oxygens (including phenoxy) is 1. The van der Waals surface area contributed by atoms with Gasteiger partial charge >= 0.3 is 0 Å². The molecule has 0 aromatic carbocycles. The minimum atomic E-state index is 0.216. The Labute approximate surface area is 62.3 Å². The molecule has 0 aromatic rings. The van der Waals surface area contributed by atoms with Crippen molar-refractivity contribution in [2.75, 3.05) is 20.1 Å². The van der Waals surface area contributed by atoms with Gasteiger partial charge in [0.1, 0.15) is 6.73 Å². The van der Waals surface area contributed by atoms with Crippen LogP contribution in [0.1, 0.15) is 20.8 Å². The number of hydrogen-bond donors (Lipinski definition) is 1. The van der Waals surface area contributed by atoms with E-state index >= 15 is 0 Å². The van der Waals surface area contributed by atoms with Crippen LogP contribution in [-0.4, -0.2) is 30.6 Å². The summed E-state index contributed by atoms with van der Waals surface area (Å²) in [5.74, 6) is 0. The fourth-order valence-corrected chi connectivity index (χ4v) is 0.885. The molecule has 0 unspecified atom stereocenters. The third-order valence-corrected chi connectivity index (χ3v) is 1.70. The van der Waals surface area contributed by atoms with Crippen molar-refractivity contribution in [3.63, 3.8) is 0 Å². The highest BCUT2D eigenvalue weighted by Gasteiger charge is 2.22. The van der Waals surface area contributed by atoms with Gasteiger partial charge in [-0.05, 0) is 20.8 Å². The van der Waals surface area contributed by atoms with Crippen molar-refractivity contribution in [1.29, 1.82) is 0 Å². The summed E-state index contributed by atoms with van der Waals surface area (Å²) < 4.78 is 5.22. The van der Waals surface area contributed by atoms with Crippen molar-refractivity contribution in [3.8, 4) is 0 Å². The van der Waals surface area contributed by atoms with E-state index in [1.54, 1.807) is 0 Å². The molecule has 0 spiro atoms. The minimum absolute atomic E-state index is 0.216. The van der Waals surface area contributed by atoms with Crippen LogP contribution in [0.5, 0.6) is 0 Å². The highest BCUT2D eigenvalue weighted by molar-refractivity contribution is 4.74. The first kappa shape index (κ1) is 7.98. The summed E-state index contributed by atoms with van der Waals surface area (Å²) in [4.78, 5) is 2.25. The van der Waals surface area contributed by atoms with E-state index in [9.17, 15) is 0 Å². The molecule has 60 valence electrons. The predicted octanol–water partition coefficient (Wildman–Crippen LogP) is 0.579. The normalized spacial score (nSPS) is 23.1. The van der Waals surface area contributed by atoms with Gasteiger partial charge in [-0.3, -0.25) is 10.2 Å². The smallest absolute Gasteiger partial charge is 0.102 e. The topological polar surface area (TPSA) is 24.5 Å². The van der Waals surface area contributed by atoms with Crippen molar-refractivity contribution in [2.24, 2.45) is 0 Å². The molecule has 0 aliphatic carbocycles. The maximum Gasteiger partial charge on any atom is 0.102 e. The first-order chi connectivity index (χ1) is 4.61. The molecular formula is C7H16N2O. The largest absolute Gasteiger partial charge is 0.351 e. The average molecular weight is 144 g/mol. The zero-order valence-corrected chi connectivity index (χ0v) is 6.98. The Balaban J connectivity index is 2.39. The second-order valence-corrected chi connectivity index (χ2v) is 3.60. The van der Waals surface area contributed by atoms with E-state index in [1.807, 2.05) is 0 Å². The quantitative estimate of drug-likeness (QED) is 0.538. The monoisotopic (exact) mass is 144 g/mol. The lowest BCUT2D eigenvalue weighted by atomic mass is 10.1. The molecule has 3 nitrogen and oxygen atoms in total. The third kappa shape index (κ3) is 1.94. The summed E-state index contributed by atoms with van der Waals surface area (Å²) >= 11 is 0. The highest BCUT2D eigenvalue weighted by atomic mass is 16.5. The molecule has 0 amide bonds. The summed E-state index contributed by atoms with van der Waals surface area (Å²) in [6.45, 7) is 8.92. The molecule has 1 fully saturated rings. The molecule has 10 heavy (non-hydrogen) atoms. The molecule has 1 heterocycles. The van der Waals surface area contributed by atoms with Crippen LogP contribution in [0.15, 0.2) is 0 Å². The van der Waals surface area contributed by atoms with Crippen molar-refractivity contribution in [3.05, 3.63) is 0 Å². The molecule has 0 bridgehead atoms. The predicted molar refractivity (Wildman–Crippen MR) is 40.4 cm³/mol. The summed E-state index contributed by atoms with van der Waals surface area (Å²) in [6, 6.07) is 0. The fraction of sp³-hybridized carbons (Fsp3) is 1.00. The second-order valence-electron chi connectivity index (χ2n) is 3.60. The Kier molecular flexibility index (Phi) is 2.28. The van der Waals surface area contributed by atoms with Crippen molar-refractivity contribution < 1.29 is 4.74 Å². The van der Waals surface area contributed by atoms with E-state index in [2.05, 4.69) is 31.0 Å². The van der Waals surface area contributed by atoms with Gasteiger partial charge in [0.15, 0.2) is 0 Å². The molecule has 0 radical (unpaired) electrons. The molecule has 0 aromatic heterocycles. The van der Waals surface area contributed by atoms with Crippen LogP contribution in [0.25, 0.3) is 0 Å². The van der Waals surface area contributed by atoms with E-state index in [-0.39, 0.29) is 5.54 Å². The van der Waals surface area contributed by atoms with Gasteiger partial charge in [-0.15, -0.1) is 0 Å². The summed E-state index contributed by atoms with van der Waals surface area (Å²) in [5.41, 5.74) is 0.216. The van der Waals surface area contributed by atoms with Crippen LogP contribution in [0.3, 0.4) is 0 Å². The lowest BCUT2D eigenvalue weighted by Gasteiger charge is -2.38. The zero-order valence-electron chi connectivity index (χ0n) is 6.98. The van der Waals surface area contributed by atoms with Gasteiger partial charge < -0.3 is 4.74 Å². The SMILES string of the molecule is CC(C)(C)N1CNCOC1. The zero-order chi connectivity index (χ0) is 7.61. The molecule has 1 N–H and O–H groups in total. The lowest BCUT2D eigenvalue weighted by Crippen LogP contribution is -2.51. The van der Waals surface area contributed by atoms with Gasteiger partial charge in [0.25, 0.3) is 0 Å². The fourth-order valence-electron chi connectivity index (χ4n) is 0.885. The van der Waals surface area contributed by atoms with E-state index in [0.717, 1.165) is 13.4 Å². The average Bonchev–Trinajstić information content (AvgIpc) is 1.88. The lowest BCUT2D eigenvalue weighted by molar-refractivity contribution is -0.0719. The Bertz CT molecular complexity index is 103. The number of rotatable bonds is 0. The molecule has 0 saturated carbocycles. The van der Waals surface area contributed by atoms with Crippen LogP contribution in [0.2, 0.25) is 0 Å². The van der Waals surface area contributed by atoms with E-state index < -0.39 is 0 Å². The molecule has 1 aliphatic rings. The van der Waals surface area contributed by atoms with Gasteiger partial charge in [0.05, 0.1) is 13.4 Å². The molecule has 1 aliphatic heterocycles. The van der Waals surface area contributed by atoms with Crippen LogP contribution in [0, 0.1) is 0 Å². The third-order valence-electron chi connectivity index (χ3n) is 1.70. The first-order valence-electron chi connectivity index (χ1n) is 3.64. The summed E-state index contributed by atoms with van der Waals surface area (Å²) in [6.07, 6.45) is 0. The minimum Gasteiger partial charge on any atom is -0.351 e. The maximum absolute atomic E-state index is 5.22. The number of nitrogens with zero attached hydrogens (tertiary/aromatic N) is 1. The standard InChI is InChI=1S/C7H16N2O/c1-7(2,3)9-4-8-5-10-6-9/h8H,4-6H2,1-3H3. The second kappa shape index (κ2) is 2.86. The number of hydrogen-bond acceptors (Lipinski definition) is 3. The van der Waals surface area contributed by atoms with Crippen molar-refractivity contribution in [2.45, 2.75) is 26.3 Å². The van der Waals surface area contributed by atoms with Crippen LogP contribution in [-0.2, 0) is 4.74 Å². The molecule has 3 heteroatoms. The number of nitrogens with one attached hydrogen (secondary N) is 1. The van der Waals surface area contributed by atoms with E-state index in [1.165, 1.54) is 0 Å². The van der Waals surface area contributed by atoms with E-state index in [0.29, 0.717) is 6.73 Å². The Morgan fingerprint density at radius 1 is 1.40 bits per heavy atom. The van der Waals surface area contributed by atoms with Gasteiger partial charge in [-0.2, -0.15) is 0 Å². The van der Waals surface area contributed by atoms with Crippen LogP contribution >= 0.6 is 0 Å². The highest BCUT2D eigenvalue weighted by Crippen LogP contribution is 2.12. The van der Waals surface area contributed by atoms with Crippen LogP contribution < -0.4 is 5.32 Å². The van der Waals surface area contributed by atoms with Gasteiger partial charge in [-0.25, -0.2) is 0 Å². The molecule has 1 saturated heterocycles. The van der Waals surface area contributed by atoms with E-state index in [4.69, 9.17) is 4.74 Å². The van der Waals surface area contributed by atoms with Crippen molar-refractivity contribution in [1.82, 2.24) is 10.2 Å². The van der Waals surface area contributed by atoms with Gasteiger partial charge in [0.2, 0.25) is 0 Å². The molecule has 1 rings (SSSR count). The van der Waals surface area contributed by atoms with Crippen molar-refractivity contribution >= 4 is 0 Å². The van der Waals surface area contributed by atoms with Gasteiger partial charge in [0, 0.05) is 5.54 Å². The maximum atomic E-state index is 5.22. The first-order valence-corrected chi connectivity index (χ1v) is 3.64. The Morgan fingerprint density at radius 3 is 2.40 bits per heavy atom. The van der Waals surface area contributed by atoms with Gasteiger partial charge in [-0.1, -0.05) is 0 Å². The summed E-state index contributed by atoms with van der Waals surface area (Å²) in [7, 11) is 0. The molecule has 0 atom stereocenters. The molecular weight excluding hydrogens is 128 g/mol. The Hall–Kier alpha value is -0.120. The Morgan fingerprint density at radius 2 is 2.10 bits per heavy atom.